The van der Waals surface area contributed by atoms with E-state index < -0.39 is 57.8 Å². The summed E-state index contributed by atoms with van der Waals surface area (Å²) in [6.45, 7) is 0. The van der Waals surface area contributed by atoms with E-state index in [9.17, 15) is 27.5 Å². The Bertz CT molecular complexity index is 1070. The van der Waals surface area contributed by atoms with Crippen molar-refractivity contribution in [3.05, 3.63) is 52.7 Å². The van der Waals surface area contributed by atoms with Gasteiger partial charge in [-0.05, 0) is 30.2 Å². The molecule has 158 valence electrons. The van der Waals surface area contributed by atoms with Crippen molar-refractivity contribution in [1.82, 2.24) is 9.97 Å². The first kappa shape index (κ1) is 19.7. The zero-order valence-electron chi connectivity index (χ0n) is 15.1. The number of nitrogens with zero attached hydrogens (tertiary/aromatic N) is 2. The summed E-state index contributed by atoms with van der Waals surface area (Å²) in [4.78, 5) is 20.5. The van der Waals surface area contributed by atoms with Crippen molar-refractivity contribution in [3.63, 3.8) is 0 Å². The fraction of sp³-hybridized carbons (Fsp3) is 0.421. The molecule has 2 aliphatic heterocycles. The summed E-state index contributed by atoms with van der Waals surface area (Å²) in [7, 11) is 0. The van der Waals surface area contributed by atoms with Crippen molar-refractivity contribution in [3.8, 4) is 0 Å². The summed E-state index contributed by atoms with van der Waals surface area (Å²) in [6.07, 6.45) is -4.37. The predicted octanol–water partition coefficient (Wildman–Crippen LogP) is 3.09. The maximum atomic E-state index is 13.8. The lowest BCUT2D eigenvalue weighted by Gasteiger charge is -2.29. The number of carbonyl (C=O) groups excluding carboxylic acids is 1. The first-order valence-electron chi connectivity index (χ1n) is 9.09. The van der Waals surface area contributed by atoms with Crippen LogP contribution in [0.5, 0.6) is 0 Å². The quantitative estimate of drug-likeness (QED) is 0.562. The Morgan fingerprint density at radius 3 is 2.80 bits per heavy atom. The van der Waals surface area contributed by atoms with Crippen LogP contribution in [-0.2, 0) is 21.1 Å². The van der Waals surface area contributed by atoms with Gasteiger partial charge in [-0.2, -0.15) is 17.6 Å². The van der Waals surface area contributed by atoms with Crippen LogP contribution >= 0.6 is 11.6 Å². The van der Waals surface area contributed by atoms with Crippen LogP contribution in [-0.4, -0.2) is 39.3 Å². The van der Waals surface area contributed by atoms with Gasteiger partial charge in [-0.25, -0.2) is 9.97 Å². The highest BCUT2D eigenvalue weighted by atomic mass is 35.5. The van der Waals surface area contributed by atoms with Crippen LogP contribution in [0, 0.1) is 11.4 Å². The van der Waals surface area contributed by atoms with Crippen molar-refractivity contribution in [2.75, 3.05) is 5.32 Å². The number of aliphatic hydroxyl groups excluding tert-OH is 1. The van der Waals surface area contributed by atoms with Gasteiger partial charge in [0.1, 0.15) is 5.82 Å². The molecule has 2 N–H and O–H groups in total. The Morgan fingerprint density at radius 1 is 1.33 bits per heavy atom. The van der Waals surface area contributed by atoms with Crippen molar-refractivity contribution in [2.45, 2.75) is 42.7 Å². The highest BCUT2D eigenvalue weighted by Crippen LogP contribution is 2.77. The third kappa shape index (κ3) is 2.47. The number of halogens is 5. The molecule has 2 bridgehead atoms. The second-order valence-corrected chi connectivity index (χ2v) is 8.24. The molecule has 0 aromatic carbocycles. The van der Waals surface area contributed by atoms with E-state index in [1.165, 1.54) is 12.3 Å². The van der Waals surface area contributed by atoms with Gasteiger partial charge in [0.2, 0.25) is 11.9 Å². The number of hydrogen-bond acceptors (Lipinski definition) is 5. The number of fused-ring (bicyclic) bond motifs is 5. The number of nitrogens with one attached hydrogen (secondary N) is 1. The summed E-state index contributed by atoms with van der Waals surface area (Å²) < 4.78 is 59.0. The second kappa shape index (κ2) is 6.12. The van der Waals surface area contributed by atoms with Gasteiger partial charge in [0.05, 0.1) is 34.3 Å². The molecule has 2 aromatic heterocycles. The Hall–Kier alpha value is -2.30. The largest absolute Gasteiger partial charge is 0.418 e. The van der Waals surface area contributed by atoms with Gasteiger partial charge in [0.25, 0.3) is 0 Å². The van der Waals surface area contributed by atoms with Gasteiger partial charge >= 0.3 is 6.18 Å². The average molecular weight is 444 g/mol. The molecule has 1 saturated carbocycles. The van der Waals surface area contributed by atoms with Crippen LogP contribution in [0.15, 0.2) is 30.6 Å². The highest BCUT2D eigenvalue weighted by Gasteiger charge is 2.87. The summed E-state index contributed by atoms with van der Waals surface area (Å²) >= 11 is 5.58. The van der Waals surface area contributed by atoms with Crippen LogP contribution in [0.4, 0.5) is 23.4 Å². The fourth-order valence-electron chi connectivity index (χ4n) is 5.16. The van der Waals surface area contributed by atoms with Crippen molar-refractivity contribution in [1.29, 1.82) is 0 Å². The third-order valence-corrected chi connectivity index (χ3v) is 6.73. The molecule has 3 aliphatic rings. The lowest BCUT2D eigenvalue weighted by Crippen LogP contribution is -2.44. The van der Waals surface area contributed by atoms with E-state index in [0.29, 0.717) is 11.6 Å². The van der Waals surface area contributed by atoms with Gasteiger partial charge in [-0.3, -0.25) is 4.79 Å². The van der Waals surface area contributed by atoms with E-state index in [-0.39, 0.29) is 18.7 Å². The smallest absolute Gasteiger partial charge is 0.390 e. The topological polar surface area (TPSA) is 84.3 Å². The Balaban J connectivity index is 1.51. The van der Waals surface area contributed by atoms with Crippen LogP contribution in [0.3, 0.4) is 0 Å². The SMILES string of the molecule is O=C(Nc1cc(C(F)(F)F)c(Cl)cn1)[C@]12C[C@@]1(c1ccnc(F)c1)[C@H]1O[C@@H]2C[C@@H]1O. The number of ether oxygens (including phenoxy) is 1. The van der Waals surface area contributed by atoms with Gasteiger partial charge in [0, 0.05) is 24.2 Å². The van der Waals surface area contributed by atoms with E-state index in [0.717, 1.165) is 6.20 Å². The lowest BCUT2D eigenvalue weighted by atomic mass is 9.74. The molecule has 2 saturated heterocycles. The third-order valence-electron chi connectivity index (χ3n) is 6.43. The number of rotatable bonds is 3. The molecule has 11 heteroatoms. The molecule has 5 rings (SSSR count). The number of aromatic nitrogens is 2. The Labute approximate surface area is 172 Å². The summed E-state index contributed by atoms with van der Waals surface area (Å²) in [5, 5.41) is 12.2. The number of pyridine rings is 2. The van der Waals surface area contributed by atoms with E-state index in [2.05, 4.69) is 15.3 Å². The number of alkyl halides is 3. The number of amides is 1. The number of anilines is 1. The van der Waals surface area contributed by atoms with Crippen LogP contribution < -0.4 is 5.32 Å². The monoisotopic (exact) mass is 443 g/mol. The molecular formula is C19H14ClF4N3O3. The number of carbonyl (C=O) groups is 1. The van der Waals surface area contributed by atoms with Crippen molar-refractivity contribution in [2.24, 2.45) is 5.41 Å². The number of hydrogen-bond donors (Lipinski definition) is 2. The van der Waals surface area contributed by atoms with Gasteiger partial charge in [-0.15, -0.1) is 0 Å². The normalized spacial score (nSPS) is 34.0. The molecule has 2 aromatic rings. The van der Waals surface area contributed by atoms with E-state index >= 15 is 0 Å². The van der Waals surface area contributed by atoms with E-state index in [1.807, 2.05) is 0 Å². The average Bonchev–Trinajstić information content (AvgIpc) is 3.16. The Kier molecular flexibility index (Phi) is 4.01. The highest BCUT2D eigenvalue weighted by molar-refractivity contribution is 6.31. The predicted molar refractivity (Wildman–Crippen MR) is 95.1 cm³/mol. The summed E-state index contributed by atoms with van der Waals surface area (Å²) in [5.41, 5.74) is -2.80. The minimum absolute atomic E-state index is 0.204. The van der Waals surface area contributed by atoms with Gasteiger partial charge in [-0.1, -0.05) is 11.6 Å². The molecule has 1 aliphatic carbocycles. The van der Waals surface area contributed by atoms with Crippen LogP contribution in [0.1, 0.15) is 24.0 Å². The number of aliphatic hydroxyl groups is 1. The minimum atomic E-state index is -4.71. The standard InChI is InChI=1S/C19H14ClF4N3O3/c20-10-6-26-14(4-9(10)19(22,23)24)27-16(29)18-7-17(18,8-1-2-25-13(21)3-8)15-11(28)5-12(18)30-15/h1-4,6,11-12,15,28H,5,7H2,(H,26,27,29)/t11-,12+,15-,17+,18+/m0/s1. The molecule has 30 heavy (non-hydrogen) atoms. The van der Waals surface area contributed by atoms with Crippen molar-refractivity contribution < 1.29 is 32.2 Å². The molecular weight excluding hydrogens is 430 g/mol. The minimum Gasteiger partial charge on any atom is -0.390 e. The zero-order valence-corrected chi connectivity index (χ0v) is 15.8. The maximum absolute atomic E-state index is 13.8. The molecule has 4 heterocycles. The molecule has 1 amide bonds. The van der Waals surface area contributed by atoms with Crippen LogP contribution in [0.25, 0.3) is 0 Å². The first-order valence-corrected chi connectivity index (χ1v) is 9.47. The van der Waals surface area contributed by atoms with Crippen LogP contribution in [0.2, 0.25) is 5.02 Å². The Morgan fingerprint density at radius 2 is 2.10 bits per heavy atom. The van der Waals surface area contributed by atoms with Crippen molar-refractivity contribution >= 4 is 23.3 Å². The van der Waals surface area contributed by atoms with Gasteiger partial charge in [0.15, 0.2) is 0 Å². The zero-order chi connectivity index (χ0) is 21.5. The molecule has 5 atom stereocenters. The lowest BCUT2D eigenvalue weighted by molar-refractivity contribution is -0.137. The summed E-state index contributed by atoms with van der Waals surface area (Å²) in [5.74, 6) is -1.65. The molecule has 0 spiro atoms. The summed E-state index contributed by atoms with van der Waals surface area (Å²) in [6, 6.07) is 3.40. The molecule has 6 nitrogen and oxygen atoms in total. The molecule has 0 unspecified atom stereocenters. The second-order valence-electron chi connectivity index (χ2n) is 7.84. The van der Waals surface area contributed by atoms with Gasteiger partial charge < -0.3 is 15.2 Å². The van der Waals surface area contributed by atoms with E-state index in [1.54, 1.807) is 6.07 Å². The molecule has 3 fully saturated rings. The first-order chi connectivity index (χ1) is 14.1. The molecule has 0 radical (unpaired) electrons. The maximum Gasteiger partial charge on any atom is 0.418 e. The fourth-order valence-corrected chi connectivity index (χ4v) is 5.37. The van der Waals surface area contributed by atoms with E-state index in [4.69, 9.17) is 16.3 Å².